The first-order chi connectivity index (χ1) is 15.3. The van der Waals surface area contributed by atoms with Crippen molar-refractivity contribution in [3.8, 4) is 5.75 Å². The third kappa shape index (κ3) is 11.2. The predicted octanol–water partition coefficient (Wildman–Crippen LogP) is 2.60. The Bertz CT molecular complexity index is 859. The highest BCUT2D eigenvalue weighted by Gasteiger charge is 2.12. The molecule has 0 spiro atoms. The zero-order valence-corrected chi connectivity index (χ0v) is 22.6. The van der Waals surface area contributed by atoms with Gasteiger partial charge in [0.05, 0.1) is 46.3 Å². The molecule has 0 heterocycles. The van der Waals surface area contributed by atoms with E-state index in [1.807, 2.05) is 30.3 Å². The van der Waals surface area contributed by atoms with E-state index in [2.05, 4.69) is 33.3 Å². The van der Waals surface area contributed by atoms with Gasteiger partial charge in [0.1, 0.15) is 11.4 Å². The van der Waals surface area contributed by atoms with Crippen LogP contribution in [-0.2, 0) is 16.0 Å². The molecule has 33 heavy (non-hydrogen) atoms. The van der Waals surface area contributed by atoms with Crippen LogP contribution in [0.5, 0.6) is 5.75 Å². The van der Waals surface area contributed by atoms with E-state index in [0.717, 1.165) is 48.6 Å². The van der Waals surface area contributed by atoms with E-state index in [1.165, 1.54) is 5.69 Å². The van der Waals surface area contributed by atoms with E-state index >= 15 is 0 Å². The molecule has 5 nitrogen and oxygen atoms in total. The minimum Gasteiger partial charge on any atom is -1.00 e. The lowest BCUT2D eigenvalue weighted by Gasteiger charge is -2.23. The van der Waals surface area contributed by atoms with Crippen LogP contribution in [0.15, 0.2) is 48.5 Å². The molecular formula is C27H38INO4. The zero-order valence-electron chi connectivity index (χ0n) is 20.4. The number of quaternary nitrogens is 1. The summed E-state index contributed by atoms with van der Waals surface area (Å²) in [5, 5.41) is 0. The highest BCUT2D eigenvalue weighted by Crippen LogP contribution is 2.19. The number of nitrogens with zero attached hydrogens (tertiary/aromatic N) is 1. The molecule has 0 bridgehead atoms. The smallest absolute Gasteiger partial charge is 0.310 e. The van der Waals surface area contributed by atoms with Crippen molar-refractivity contribution in [3.05, 3.63) is 59.7 Å². The number of hydrogen-bond acceptors (Lipinski definition) is 4. The minimum atomic E-state index is -0.161. The number of ether oxygens (including phenoxy) is 2. The number of para-hydroxylation sites is 1. The number of carbonyl (C=O) groups is 2. The molecular weight excluding hydrogens is 529 g/mol. The fourth-order valence-electron chi connectivity index (χ4n) is 3.44. The summed E-state index contributed by atoms with van der Waals surface area (Å²) in [7, 11) is 6.35. The summed E-state index contributed by atoms with van der Waals surface area (Å²) >= 11 is 0. The SMILES string of the molecule is CC(=O)c1ccccc1OCCCCCCCCOC(=O)Cc1ccc([N+](C)(C)C)cc1.[I-]. The molecule has 2 aromatic carbocycles. The monoisotopic (exact) mass is 567 g/mol. The molecule has 0 unspecified atom stereocenters. The number of ketones is 1. The molecule has 182 valence electrons. The molecule has 0 aliphatic rings. The van der Waals surface area contributed by atoms with Gasteiger partial charge in [0.25, 0.3) is 0 Å². The molecule has 0 radical (unpaired) electrons. The van der Waals surface area contributed by atoms with E-state index in [0.29, 0.717) is 30.9 Å². The average Bonchev–Trinajstić information content (AvgIpc) is 2.75. The Balaban J connectivity index is 0.00000544. The van der Waals surface area contributed by atoms with Gasteiger partial charge in [-0.15, -0.1) is 0 Å². The van der Waals surface area contributed by atoms with Crippen molar-refractivity contribution in [2.24, 2.45) is 0 Å². The van der Waals surface area contributed by atoms with Crippen molar-refractivity contribution in [2.75, 3.05) is 34.4 Å². The fraction of sp³-hybridized carbons (Fsp3) is 0.481. The summed E-state index contributed by atoms with van der Waals surface area (Å²) < 4.78 is 11.9. The molecule has 0 aliphatic carbocycles. The zero-order chi connectivity index (χ0) is 23.4. The minimum absolute atomic E-state index is 0. The topological polar surface area (TPSA) is 52.6 Å². The van der Waals surface area contributed by atoms with Gasteiger partial charge < -0.3 is 33.5 Å². The average molecular weight is 568 g/mol. The van der Waals surface area contributed by atoms with E-state index in [4.69, 9.17) is 9.47 Å². The molecule has 6 heteroatoms. The van der Waals surface area contributed by atoms with Crippen molar-refractivity contribution < 1.29 is 43.0 Å². The maximum absolute atomic E-state index is 12.0. The second-order valence-electron chi connectivity index (χ2n) is 9.10. The van der Waals surface area contributed by atoms with Crippen LogP contribution in [-0.4, -0.2) is 46.1 Å². The number of benzene rings is 2. The van der Waals surface area contributed by atoms with Crippen LogP contribution < -0.4 is 33.2 Å². The van der Waals surface area contributed by atoms with Gasteiger partial charge in [-0.25, -0.2) is 0 Å². The van der Waals surface area contributed by atoms with Crippen LogP contribution in [0.3, 0.4) is 0 Å². The van der Waals surface area contributed by atoms with Gasteiger partial charge in [-0.3, -0.25) is 14.1 Å². The first-order valence-electron chi connectivity index (χ1n) is 11.6. The number of unbranched alkanes of at least 4 members (excludes halogenated alkanes) is 5. The van der Waals surface area contributed by atoms with E-state index in [-0.39, 0.29) is 35.7 Å². The van der Waals surface area contributed by atoms with Crippen molar-refractivity contribution >= 4 is 17.4 Å². The van der Waals surface area contributed by atoms with Crippen molar-refractivity contribution in [2.45, 2.75) is 51.9 Å². The molecule has 0 N–H and O–H groups in total. The molecule has 2 aromatic rings. The molecule has 0 aliphatic heterocycles. The van der Waals surface area contributed by atoms with Crippen molar-refractivity contribution in [3.63, 3.8) is 0 Å². The van der Waals surface area contributed by atoms with Gasteiger partial charge in [0.2, 0.25) is 0 Å². The quantitative estimate of drug-likeness (QED) is 0.116. The lowest BCUT2D eigenvalue weighted by atomic mass is 10.1. The van der Waals surface area contributed by atoms with E-state index in [1.54, 1.807) is 13.0 Å². The molecule has 0 amide bonds. The van der Waals surface area contributed by atoms with Crippen molar-refractivity contribution in [1.29, 1.82) is 0 Å². The second kappa shape index (κ2) is 15.1. The second-order valence-corrected chi connectivity index (χ2v) is 9.10. The number of hydrogen-bond donors (Lipinski definition) is 0. The summed E-state index contributed by atoms with van der Waals surface area (Å²) in [6, 6.07) is 15.5. The standard InChI is InChI=1S/C27H38NO4.HI/c1-22(29)25-13-9-10-14-26(25)31-19-11-7-5-6-8-12-20-32-27(30)21-23-15-17-24(18-16-23)28(2,3)4;/h9-10,13-18H,5-8,11-12,19-21H2,1-4H3;1H/q+1;/p-1. The first kappa shape index (κ1) is 29.1. The highest BCUT2D eigenvalue weighted by molar-refractivity contribution is 5.96. The summed E-state index contributed by atoms with van der Waals surface area (Å²) in [6.45, 7) is 2.67. The summed E-state index contributed by atoms with van der Waals surface area (Å²) in [6.07, 6.45) is 6.58. The Morgan fingerprint density at radius 2 is 1.36 bits per heavy atom. The third-order valence-electron chi connectivity index (χ3n) is 5.39. The Morgan fingerprint density at radius 3 is 1.97 bits per heavy atom. The Hall–Kier alpha value is -1.93. The van der Waals surface area contributed by atoms with Crippen LogP contribution in [0.25, 0.3) is 0 Å². The first-order valence-corrected chi connectivity index (χ1v) is 11.6. The van der Waals surface area contributed by atoms with Gasteiger partial charge in [-0.2, -0.15) is 0 Å². The van der Waals surface area contributed by atoms with Crippen molar-refractivity contribution in [1.82, 2.24) is 4.48 Å². The molecule has 0 fully saturated rings. The van der Waals surface area contributed by atoms with Gasteiger partial charge >= 0.3 is 5.97 Å². The van der Waals surface area contributed by atoms with E-state index in [9.17, 15) is 9.59 Å². The Kier molecular flexibility index (Phi) is 13.3. The summed E-state index contributed by atoms with van der Waals surface area (Å²) in [4.78, 5) is 23.6. The number of carbonyl (C=O) groups excluding carboxylic acids is 2. The molecule has 0 aromatic heterocycles. The normalized spacial score (nSPS) is 10.9. The van der Waals surface area contributed by atoms with Crippen LogP contribution >= 0.6 is 0 Å². The highest BCUT2D eigenvalue weighted by atomic mass is 127. The Labute approximate surface area is 216 Å². The lowest BCUT2D eigenvalue weighted by Crippen LogP contribution is -3.00. The lowest BCUT2D eigenvalue weighted by molar-refractivity contribution is -0.142. The summed E-state index contributed by atoms with van der Waals surface area (Å²) in [5.41, 5.74) is 2.83. The number of Topliss-reactive ketones (excluding diaryl/α,β-unsaturated/α-hetero) is 1. The number of halogens is 1. The molecule has 0 atom stereocenters. The van der Waals surface area contributed by atoms with Gasteiger partial charge in [-0.1, -0.05) is 49.9 Å². The van der Waals surface area contributed by atoms with Crippen LogP contribution in [0.2, 0.25) is 0 Å². The maximum atomic E-state index is 12.0. The number of esters is 1. The van der Waals surface area contributed by atoms with Crippen LogP contribution in [0.4, 0.5) is 5.69 Å². The third-order valence-corrected chi connectivity index (χ3v) is 5.39. The van der Waals surface area contributed by atoms with E-state index < -0.39 is 0 Å². The molecule has 2 rings (SSSR count). The van der Waals surface area contributed by atoms with Gasteiger partial charge in [0.15, 0.2) is 5.78 Å². The van der Waals surface area contributed by atoms with Crippen LogP contribution in [0, 0.1) is 0 Å². The van der Waals surface area contributed by atoms with Gasteiger partial charge in [0, 0.05) is 0 Å². The number of rotatable bonds is 14. The molecule has 0 saturated heterocycles. The van der Waals surface area contributed by atoms with Gasteiger partial charge in [-0.05, 0) is 49.6 Å². The summed E-state index contributed by atoms with van der Waals surface area (Å²) in [5.74, 6) is 0.538. The predicted molar refractivity (Wildman–Crippen MR) is 130 cm³/mol. The van der Waals surface area contributed by atoms with Crippen LogP contribution in [0.1, 0.15) is 61.4 Å². The largest absolute Gasteiger partial charge is 1.00 e. The fourth-order valence-corrected chi connectivity index (χ4v) is 3.44. The Morgan fingerprint density at radius 1 is 0.788 bits per heavy atom. The molecule has 0 saturated carbocycles. The maximum Gasteiger partial charge on any atom is 0.310 e.